The molecule has 3 aromatic rings. The summed E-state index contributed by atoms with van der Waals surface area (Å²) in [5, 5.41) is 3.43. The minimum absolute atomic E-state index is 0.703. The first-order valence-corrected chi connectivity index (χ1v) is 10.5. The van der Waals surface area contributed by atoms with Crippen molar-refractivity contribution in [1.82, 2.24) is 5.32 Å². The summed E-state index contributed by atoms with van der Waals surface area (Å²) in [6.45, 7) is 0.703. The van der Waals surface area contributed by atoms with Crippen LogP contribution in [0.4, 0.5) is 0 Å². The zero-order valence-corrected chi connectivity index (χ0v) is 17.6. The van der Waals surface area contributed by atoms with Crippen LogP contribution >= 0.6 is 23.5 Å². The van der Waals surface area contributed by atoms with Gasteiger partial charge in [-0.1, -0.05) is 66.0 Å². The monoisotopic (exact) mass is 409 g/mol. The molecule has 3 nitrogen and oxygen atoms in total. The van der Waals surface area contributed by atoms with Crippen molar-refractivity contribution in [3.05, 3.63) is 94.9 Å². The van der Waals surface area contributed by atoms with Crippen LogP contribution in [0.25, 0.3) is 0 Å². The molecule has 0 heterocycles. The fraction of sp³-hybridized carbons (Fsp3) is 0.130. The van der Waals surface area contributed by atoms with E-state index in [0.717, 1.165) is 17.1 Å². The lowest BCUT2D eigenvalue weighted by Crippen LogP contribution is -2.05. The molecular weight excluding hydrogens is 386 g/mol. The van der Waals surface area contributed by atoms with Crippen LogP contribution in [0.3, 0.4) is 0 Å². The van der Waals surface area contributed by atoms with Gasteiger partial charge in [-0.25, -0.2) is 0 Å². The Balaban J connectivity index is 1.71. The molecule has 0 aliphatic heterocycles. The summed E-state index contributed by atoms with van der Waals surface area (Å²) in [6, 6.07) is 26.8. The summed E-state index contributed by atoms with van der Waals surface area (Å²) in [5.41, 5.74) is 1.13. The second-order valence-electron chi connectivity index (χ2n) is 5.86. The average Bonchev–Trinajstić information content (AvgIpc) is 2.75. The summed E-state index contributed by atoms with van der Waals surface area (Å²) in [6.07, 6.45) is 2.08. The van der Waals surface area contributed by atoms with E-state index in [1.165, 1.54) is 14.0 Å². The number of thioether (sulfide) groups is 2. The highest BCUT2D eigenvalue weighted by molar-refractivity contribution is 8.22. The van der Waals surface area contributed by atoms with Crippen molar-refractivity contribution in [3.8, 4) is 11.5 Å². The molecule has 144 valence electrons. The van der Waals surface area contributed by atoms with E-state index in [1.807, 2.05) is 30.3 Å². The standard InChI is InChI=1S/C23H23NO2S2/c1-25-21-14-13-18(15-22(21)26-2)16-24-17-23(27-19-9-5-3-6-10-19)28-20-11-7-4-8-12-20/h3-15,17,24H,16H2,1-2H3. The van der Waals surface area contributed by atoms with Gasteiger partial charge in [0, 0.05) is 22.5 Å². The van der Waals surface area contributed by atoms with E-state index >= 15 is 0 Å². The lowest BCUT2D eigenvalue weighted by Gasteiger charge is -2.11. The Hall–Kier alpha value is -2.50. The molecular formula is C23H23NO2S2. The summed E-state index contributed by atoms with van der Waals surface area (Å²) in [5.74, 6) is 1.48. The van der Waals surface area contributed by atoms with Gasteiger partial charge in [0.05, 0.1) is 18.5 Å². The molecule has 0 bridgehead atoms. The summed E-state index contributed by atoms with van der Waals surface area (Å²) in [7, 11) is 3.30. The highest BCUT2D eigenvalue weighted by atomic mass is 32.2. The lowest BCUT2D eigenvalue weighted by molar-refractivity contribution is 0.354. The number of rotatable bonds is 9. The number of benzene rings is 3. The second kappa shape index (κ2) is 10.7. The Morgan fingerprint density at radius 3 is 1.89 bits per heavy atom. The zero-order valence-electron chi connectivity index (χ0n) is 15.9. The Morgan fingerprint density at radius 2 is 1.36 bits per heavy atom. The van der Waals surface area contributed by atoms with Crippen molar-refractivity contribution in [3.63, 3.8) is 0 Å². The van der Waals surface area contributed by atoms with E-state index in [4.69, 9.17) is 9.47 Å². The predicted octanol–water partition coefficient (Wildman–Crippen LogP) is 6.18. The first-order chi connectivity index (χ1) is 13.8. The fourth-order valence-electron chi connectivity index (χ4n) is 2.53. The van der Waals surface area contributed by atoms with Gasteiger partial charge in [0.1, 0.15) is 0 Å². The molecule has 0 radical (unpaired) electrons. The van der Waals surface area contributed by atoms with Gasteiger partial charge >= 0.3 is 0 Å². The van der Waals surface area contributed by atoms with Crippen molar-refractivity contribution in [1.29, 1.82) is 0 Å². The number of methoxy groups -OCH3 is 2. The van der Waals surface area contributed by atoms with Crippen molar-refractivity contribution >= 4 is 23.5 Å². The molecule has 0 saturated carbocycles. The molecule has 0 aliphatic carbocycles. The van der Waals surface area contributed by atoms with E-state index < -0.39 is 0 Å². The van der Waals surface area contributed by atoms with Gasteiger partial charge in [-0.05, 0) is 42.0 Å². The van der Waals surface area contributed by atoms with E-state index in [1.54, 1.807) is 37.7 Å². The second-order valence-corrected chi connectivity index (χ2v) is 8.35. The Labute approximate surface area is 175 Å². The molecule has 0 atom stereocenters. The molecule has 0 aliphatic rings. The molecule has 0 fully saturated rings. The molecule has 0 amide bonds. The minimum Gasteiger partial charge on any atom is -0.493 e. The first-order valence-electron chi connectivity index (χ1n) is 8.89. The van der Waals surface area contributed by atoms with Gasteiger partial charge in [-0.2, -0.15) is 0 Å². The topological polar surface area (TPSA) is 30.5 Å². The van der Waals surface area contributed by atoms with Gasteiger partial charge in [0.2, 0.25) is 0 Å². The number of ether oxygens (including phenoxy) is 2. The van der Waals surface area contributed by atoms with Crippen LogP contribution in [0.15, 0.2) is 99.1 Å². The number of hydrogen-bond acceptors (Lipinski definition) is 5. The zero-order chi connectivity index (χ0) is 19.6. The first kappa shape index (κ1) is 20.2. The van der Waals surface area contributed by atoms with Gasteiger partial charge in [-0.15, -0.1) is 0 Å². The van der Waals surface area contributed by atoms with Crippen LogP contribution in [-0.2, 0) is 6.54 Å². The van der Waals surface area contributed by atoms with Gasteiger partial charge < -0.3 is 14.8 Å². The molecule has 0 spiro atoms. The van der Waals surface area contributed by atoms with E-state index in [9.17, 15) is 0 Å². The van der Waals surface area contributed by atoms with E-state index in [0.29, 0.717) is 6.54 Å². The third-order valence-corrected chi connectivity index (χ3v) is 6.05. The maximum absolute atomic E-state index is 5.39. The van der Waals surface area contributed by atoms with Crippen molar-refractivity contribution < 1.29 is 9.47 Å². The normalized spacial score (nSPS) is 10.2. The summed E-state index contributed by atoms with van der Waals surface area (Å²) in [4.78, 5) is 2.43. The molecule has 0 aromatic heterocycles. The molecule has 0 saturated heterocycles. The van der Waals surface area contributed by atoms with Crippen molar-refractivity contribution in [2.75, 3.05) is 14.2 Å². The van der Waals surface area contributed by atoms with Crippen LogP contribution in [0.1, 0.15) is 5.56 Å². The molecule has 0 unspecified atom stereocenters. The average molecular weight is 410 g/mol. The SMILES string of the molecule is COc1ccc(CNC=C(Sc2ccccc2)Sc2ccccc2)cc1OC. The van der Waals surface area contributed by atoms with Crippen molar-refractivity contribution in [2.24, 2.45) is 0 Å². The van der Waals surface area contributed by atoms with Gasteiger partial charge in [0.25, 0.3) is 0 Å². The minimum atomic E-state index is 0.703. The Bertz CT molecular complexity index is 855. The van der Waals surface area contributed by atoms with E-state index in [2.05, 4.69) is 60.0 Å². The Kier molecular flexibility index (Phi) is 7.76. The molecule has 1 N–H and O–H groups in total. The summed E-state index contributed by atoms with van der Waals surface area (Å²) < 4.78 is 11.9. The summed E-state index contributed by atoms with van der Waals surface area (Å²) >= 11 is 3.50. The van der Waals surface area contributed by atoms with Crippen LogP contribution in [0.2, 0.25) is 0 Å². The highest BCUT2D eigenvalue weighted by Gasteiger charge is 2.06. The van der Waals surface area contributed by atoms with Crippen LogP contribution in [0, 0.1) is 0 Å². The fourth-order valence-corrected chi connectivity index (χ4v) is 4.61. The smallest absolute Gasteiger partial charge is 0.161 e. The van der Waals surface area contributed by atoms with Crippen molar-refractivity contribution in [2.45, 2.75) is 16.3 Å². The quantitative estimate of drug-likeness (QED) is 0.427. The maximum Gasteiger partial charge on any atom is 0.161 e. The largest absolute Gasteiger partial charge is 0.493 e. The van der Waals surface area contributed by atoms with Gasteiger partial charge in [-0.3, -0.25) is 0 Å². The number of hydrogen-bond donors (Lipinski definition) is 1. The van der Waals surface area contributed by atoms with Crippen LogP contribution < -0.4 is 14.8 Å². The molecule has 3 aromatic carbocycles. The number of nitrogens with one attached hydrogen (secondary N) is 1. The van der Waals surface area contributed by atoms with Crippen LogP contribution in [-0.4, -0.2) is 14.2 Å². The molecule has 5 heteroatoms. The van der Waals surface area contributed by atoms with E-state index in [-0.39, 0.29) is 0 Å². The highest BCUT2D eigenvalue weighted by Crippen LogP contribution is 2.38. The van der Waals surface area contributed by atoms with Gasteiger partial charge in [0.15, 0.2) is 11.5 Å². The predicted molar refractivity (Wildman–Crippen MR) is 119 cm³/mol. The molecule has 3 rings (SSSR count). The lowest BCUT2D eigenvalue weighted by atomic mass is 10.2. The van der Waals surface area contributed by atoms with Crippen LogP contribution in [0.5, 0.6) is 11.5 Å². The third kappa shape index (κ3) is 6.01. The molecule has 28 heavy (non-hydrogen) atoms. The maximum atomic E-state index is 5.39. The Morgan fingerprint density at radius 1 is 0.786 bits per heavy atom. The third-order valence-electron chi connectivity index (χ3n) is 3.90.